The Kier molecular flexibility index (Phi) is 6.65. The van der Waals surface area contributed by atoms with E-state index in [-0.39, 0.29) is 0 Å². The van der Waals surface area contributed by atoms with Crippen molar-refractivity contribution in [1.82, 2.24) is 0 Å². The number of aliphatic hydroxyl groups is 2. The largest absolute Gasteiger partial charge is 0.387 e. The lowest BCUT2D eigenvalue weighted by Crippen LogP contribution is -2.43. The Bertz CT molecular complexity index is 678. The Balaban J connectivity index is 2.10. The monoisotopic (exact) mass is 367 g/mol. The summed E-state index contributed by atoms with van der Waals surface area (Å²) in [5.41, 5.74) is 0.146. The highest BCUT2D eigenvalue weighted by molar-refractivity contribution is 7.92. The van der Waals surface area contributed by atoms with E-state index in [4.69, 9.17) is 0 Å². The fourth-order valence-corrected chi connectivity index (χ4v) is 3.97. The normalized spacial score (nSPS) is 18.1. The third kappa shape index (κ3) is 5.06. The third-order valence-corrected chi connectivity index (χ3v) is 5.94. The predicted octanol–water partition coefficient (Wildman–Crippen LogP) is 3.15. The molecule has 2 N–H and O–H groups in total. The number of benzene rings is 1. The SMILES string of the molecule is CCC/C=C\CCN(c1ccc(C(O)C2(O)CCC2)cc1)S(C)(=O)=O. The van der Waals surface area contributed by atoms with Gasteiger partial charge in [-0.3, -0.25) is 4.31 Å². The van der Waals surface area contributed by atoms with E-state index < -0.39 is 21.7 Å². The standard InChI is InChI=1S/C19H29NO4S/c1-3-4-5-6-7-15-20(25(2,23)24)17-11-9-16(10-12-17)18(21)19(22)13-8-14-19/h5-6,9-12,18,21-22H,3-4,7-8,13-15H2,1-2H3/b6-5-. The number of nitrogens with zero attached hydrogens (tertiary/aromatic N) is 1. The van der Waals surface area contributed by atoms with Gasteiger partial charge < -0.3 is 10.2 Å². The quantitative estimate of drug-likeness (QED) is 0.657. The average molecular weight is 368 g/mol. The zero-order chi connectivity index (χ0) is 18.5. The van der Waals surface area contributed by atoms with Gasteiger partial charge in [-0.05, 0) is 49.8 Å². The van der Waals surface area contributed by atoms with Crippen molar-refractivity contribution in [2.75, 3.05) is 17.1 Å². The summed E-state index contributed by atoms with van der Waals surface area (Å²) < 4.78 is 25.6. The van der Waals surface area contributed by atoms with E-state index in [1.807, 2.05) is 6.08 Å². The summed E-state index contributed by atoms with van der Waals surface area (Å²) in [6, 6.07) is 6.78. The Morgan fingerprint density at radius 3 is 2.28 bits per heavy atom. The first kappa shape index (κ1) is 19.9. The van der Waals surface area contributed by atoms with Crippen LogP contribution in [0.15, 0.2) is 36.4 Å². The van der Waals surface area contributed by atoms with Crippen LogP contribution in [-0.2, 0) is 10.0 Å². The highest BCUT2D eigenvalue weighted by Crippen LogP contribution is 2.42. The molecule has 1 aromatic rings. The van der Waals surface area contributed by atoms with Gasteiger partial charge >= 0.3 is 0 Å². The van der Waals surface area contributed by atoms with Gasteiger partial charge in [0.15, 0.2) is 0 Å². The summed E-state index contributed by atoms with van der Waals surface area (Å²) >= 11 is 0. The van der Waals surface area contributed by atoms with Crippen molar-refractivity contribution >= 4 is 15.7 Å². The Hall–Kier alpha value is -1.37. The fourth-order valence-electron chi connectivity index (χ4n) is 3.03. The number of hydrogen-bond donors (Lipinski definition) is 2. The summed E-state index contributed by atoms with van der Waals surface area (Å²) in [6.45, 7) is 2.48. The lowest BCUT2D eigenvalue weighted by atomic mass is 9.74. The van der Waals surface area contributed by atoms with E-state index in [9.17, 15) is 18.6 Å². The highest BCUT2D eigenvalue weighted by atomic mass is 32.2. The Morgan fingerprint density at radius 2 is 1.80 bits per heavy atom. The van der Waals surface area contributed by atoms with Crippen LogP contribution in [0.4, 0.5) is 5.69 Å². The van der Waals surface area contributed by atoms with Crippen molar-refractivity contribution in [2.45, 2.75) is 57.2 Å². The van der Waals surface area contributed by atoms with Crippen LogP contribution in [-0.4, -0.2) is 37.0 Å². The van der Waals surface area contributed by atoms with Gasteiger partial charge in [-0.2, -0.15) is 0 Å². The van der Waals surface area contributed by atoms with Gasteiger partial charge in [0.2, 0.25) is 10.0 Å². The van der Waals surface area contributed by atoms with Crippen molar-refractivity contribution in [2.24, 2.45) is 0 Å². The summed E-state index contributed by atoms with van der Waals surface area (Å²) in [5, 5.41) is 20.6. The Labute approximate surface area is 151 Å². The number of allylic oxidation sites excluding steroid dienone is 1. The molecule has 140 valence electrons. The maximum Gasteiger partial charge on any atom is 0.232 e. The minimum atomic E-state index is -3.38. The van der Waals surface area contributed by atoms with Gasteiger partial charge in [0.25, 0.3) is 0 Å². The lowest BCUT2D eigenvalue weighted by molar-refractivity contribution is -0.127. The molecule has 0 aliphatic heterocycles. The van der Waals surface area contributed by atoms with E-state index >= 15 is 0 Å². The first-order valence-electron chi connectivity index (χ1n) is 8.91. The molecule has 0 spiro atoms. The summed E-state index contributed by atoms with van der Waals surface area (Å²) in [4.78, 5) is 0. The number of sulfonamides is 1. The first-order chi connectivity index (χ1) is 11.8. The number of rotatable bonds is 9. The molecular formula is C19H29NO4S. The van der Waals surface area contributed by atoms with Crippen molar-refractivity contribution in [3.05, 3.63) is 42.0 Å². The molecule has 0 heterocycles. The van der Waals surface area contributed by atoms with Crippen LogP contribution in [0, 0.1) is 0 Å². The van der Waals surface area contributed by atoms with Gasteiger partial charge in [-0.1, -0.05) is 37.6 Å². The van der Waals surface area contributed by atoms with Crippen LogP contribution in [0.25, 0.3) is 0 Å². The second-order valence-corrected chi connectivity index (χ2v) is 8.74. The van der Waals surface area contributed by atoms with Gasteiger partial charge in [-0.15, -0.1) is 0 Å². The molecule has 1 fully saturated rings. The molecule has 1 unspecified atom stereocenters. The first-order valence-corrected chi connectivity index (χ1v) is 10.8. The van der Waals surface area contributed by atoms with E-state index in [1.165, 1.54) is 10.6 Å². The van der Waals surface area contributed by atoms with E-state index in [0.29, 0.717) is 37.1 Å². The van der Waals surface area contributed by atoms with Crippen LogP contribution in [0.5, 0.6) is 0 Å². The number of unbranched alkanes of at least 4 members (excludes halogenated alkanes) is 1. The van der Waals surface area contributed by atoms with E-state index in [1.54, 1.807) is 24.3 Å². The highest BCUT2D eigenvalue weighted by Gasteiger charge is 2.42. The second-order valence-electron chi connectivity index (χ2n) is 6.84. The summed E-state index contributed by atoms with van der Waals surface area (Å²) in [5.74, 6) is 0. The van der Waals surface area contributed by atoms with Gasteiger partial charge in [-0.25, -0.2) is 8.42 Å². The molecule has 1 aromatic carbocycles. The number of hydrogen-bond acceptors (Lipinski definition) is 4. The van der Waals surface area contributed by atoms with Crippen molar-refractivity contribution in [3.63, 3.8) is 0 Å². The van der Waals surface area contributed by atoms with Crippen molar-refractivity contribution in [3.8, 4) is 0 Å². The fraction of sp³-hybridized carbons (Fsp3) is 0.579. The summed E-state index contributed by atoms with van der Waals surface area (Å²) in [6.07, 6.45) is 9.16. The molecule has 2 rings (SSSR count). The van der Waals surface area contributed by atoms with Crippen molar-refractivity contribution in [1.29, 1.82) is 0 Å². The molecule has 6 heteroatoms. The molecule has 0 bridgehead atoms. The number of anilines is 1. The molecule has 25 heavy (non-hydrogen) atoms. The Morgan fingerprint density at radius 1 is 1.20 bits per heavy atom. The molecule has 0 amide bonds. The number of aliphatic hydroxyl groups excluding tert-OH is 1. The maximum atomic E-state index is 12.1. The zero-order valence-electron chi connectivity index (χ0n) is 15.1. The molecular weight excluding hydrogens is 338 g/mol. The molecule has 1 atom stereocenters. The van der Waals surface area contributed by atoms with Gasteiger partial charge in [0, 0.05) is 6.54 Å². The second kappa shape index (κ2) is 8.34. The zero-order valence-corrected chi connectivity index (χ0v) is 15.9. The minimum absolute atomic E-state index is 0.380. The molecule has 0 saturated heterocycles. The van der Waals surface area contributed by atoms with Crippen LogP contribution >= 0.6 is 0 Å². The van der Waals surface area contributed by atoms with E-state index in [2.05, 4.69) is 13.0 Å². The third-order valence-electron chi connectivity index (χ3n) is 4.75. The van der Waals surface area contributed by atoms with E-state index in [0.717, 1.165) is 19.3 Å². The van der Waals surface area contributed by atoms with Gasteiger partial charge in [0.1, 0.15) is 6.10 Å². The lowest BCUT2D eigenvalue weighted by Gasteiger charge is -2.40. The van der Waals surface area contributed by atoms with Gasteiger partial charge in [0.05, 0.1) is 17.5 Å². The van der Waals surface area contributed by atoms with Crippen LogP contribution in [0.3, 0.4) is 0 Å². The van der Waals surface area contributed by atoms with Crippen LogP contribution < -0.4 is 4.31 Å². The van der Waals surface area contributed by atoms with Crippen LogP contribution in [0.1, 0.15) is 57.1 Å². The molecule has 1 saturated carbocycles. The predicted molar refractivity (Wildman–Crippen MR) is 101 cm³/mol. The molecule has 5 nitrogen and oxygen atoms in total. The molecule has 1 aliphatic carbocycles. The topological polar surface area (TPSA) is 77.8 Å². The minimum Gasteiger partial charge on any atom is -0.387 e. The molecule has 1 aliphatic rings. The van der Waals surface area contributed by atoms with Crippen LogP contribution in [0.2, 0.25) is 0 Å². The van der Waals surface area contributed by atoms with Crippen molar-refractivity contribution < 1.29 is 18.6 Å². The molecule has 0 radical (unpaired) electrons. The molecule has 0 aromatic heterocycles. The average Bonchev–Trinajstić information content (AvgIpc) is 2.54. The maximum absolute atomic E-state index is 12.1. The smallest absolute Gasteiger partial charge is 0.232 e. The summed E-state index contributed by atoms with van der Waals surface area (Å²) in [7, 11) is -3.38.